The van der Waals surface area contributed by atoms with E-state index in [1.165, 1.54) is 0 Å². The monoisotopic (exact) mass is 371 g/mol. The van der Waals surface area contributed by atoms with Crippen molar-refractivity contribution in [3.8, 4) is 28.5 Å². The van der Waals surface area contributed by atoms with Crippen LogP contribution >= 0.6 is 0 Å². The highest BCUT2D eigenvalue weighted by atomic mass is 16.5. The summed E-state index contributed by atoms with van der Waals surface area (Å²) in [7, 11) is 8.86. The normalized spacial score (nSPS) is 11.0. The first-order chi connectivity index (χ1) is 13.1. The molecule has 0 aliphatic rings. The van der Waals surface area contributed by atoms with Crippen molar-refractivity contribution < 1.29 is 14.2 Å². The van der Waals surface area contributed by atoms with Crippen LogP contribution in [-0.2, 0) is 20.1 Å². The molecule has 8 nitrogen and oxygen atoms in total. The van der Waals surface area contributed by atoms with Gasteiger partial charge in [0.05, 0.1) is 39.8 Å². The fourth-order valence-corrected chi connectivity index (χ4v) is 3.04. The first-order valence-corrected chi connectivity index (χ1v) is 8.54. The maximum absolute atomic E-state index is 5.46. The van der Waals surface area contributed by atoms with Crippen LogP contribution in [0, 0.1) is 0 Å². The lowest BCUT2D eigenvalue weighted by atomic mass is 10.1. The zero-order valence-corrected chi connectivity index (χ0v) is 16.3. The van der Waals surface area contributed by atoms with Gasteiger partial charge in [0.2, 0.25) is 5.75 Å². The quantitative estimate of drug-likeness (QED) is 0.655. The van der Waals surface area contributed by atoms with E-state index in [2.05, 4.69) is 27.1 Å². The second-order valence-corrected chi connectivity index (χ2v) is 6.31. The SMILES string of the molecule is COc1cc(-c2[nH]ncc2CN(C)Cc2nccn2C)cc(OC)c1OC. The largest absolute Gasteiger partial charge is 0.493 e. The third-order valence-electron chi connectivity index (χ3n) is 4.44. The molecule has 0 bridgehead atoms. The number of H-pyrrole nitrogens is 1. The van der Waals surface area contributed by atoms with Gasteiger partial charge in [-0.25, -0.2) is 4.98 Å². The van der Waals surface area contributed by atoms with Crippen LogP contribution in [-0.4, -0.2) is 53.0 Å². The Morgan fingerprint density at radius 1 is 1.07 bits per heavy atom. The minimum atomic E-state index is 0.566. The molecule has 3 rings (SSSR count). The summed E-state index contributed by atoms with van der Waals surface area (Å²) in [6.45, 7) is 1.46. The van der Waals surface area contributed by atoms with Crippen LogP contribution in [0.15, 0.2) is 30.7 Å². The van der Waals surface area contributed by atoms with Crippen LogP contribution in [0.25, 0.3) is 11.3 Å². The zero-order chi connectivity index (χ0) is 19.4. The predicted octanol–water partition coefficient (Wildman–Crippen LogP) is 2.47. The third kappa shape index (κ3) is 3.90. The Hall–Kier alpha value is -3.00. The molecular formula is C19H25N5O3. The first kappa shape index (κ1) is 18.8. The fraction of sp³-hybridized carbons (Fsp3) is 0.368. The van der Waals surface area contributed by atoms with E-state index in [9.17, 15) is 0 Å². The lowest BCUT2D eigenvalue weighted by Crippen LogP contribution is -2.19. The van der Waals surface area contributed by atoms with Gasteiger partial charge >= 0.3 is 0 Å². The molecule has 3 aromatic rings. The van der Waals surface area contributed by atoms with Crippen LogP contribution in [0.5, 0.6) is 17.2 Å². The van der Waals surface area contributed by atoms with Crippen molar-refractivity contribution in [3.05, 3.63) is 42.1 Å². The van der Waals surface area contributed by atoms with Crippen molar-refractivity contribution in [1.82, 2.24) is 24.6 Å². The van der Waals surface area contributed by atoms with Gasteiger partial charge in [0.15, 0.2) is 11.5 Å². The number of aromatic amines is 1. The highest BCUT2D eigenvalue weighted by Crippen LogP contribution is 2.41. The minimum Gasteiger partial charge on any atom is -0.493 e. The number of imidazole rings is 1. The number of nitrogens with one attached hydrogen (secondary N) is 1. The smallest absolute Gasteiger partial charge is 0.203 e. The van der Waals surface area contributed by atoms with Gasteiger partial charge in [-0.15, -0.1) is 0 Å². The average molecular weight is 371 g/mol. The van der Waals surface area contributed by atoms with E-state index in [1.54, 1.807) is 21.3 Å². The number of aryl methyl sites for hydroxylation is 1. The van der Waals surface area contributed by atoms with Gasteiger partial charge in [-0.05, 0) is 19.2 Å². The predicted molar refractivity (Wildman–Crippen MR) is 102 cm³/mol. The lowest BCUT2D eigenvalue weighted by Gasteiger charge is -2.17. The molecule has 0 radical (unpaired) electrons. The van der Waals surface area contributed by atoms with Crippen LogP contribution < -0.4 is 14.2 Å². The van der Waals surface area contributed by atoms with Crippen molar-refractivity contribution >= 4 is 0 Å². The molecule has 144 valence electrons. The molecule has 0 aliphatic carbocycles. The summed E-state index contributed by atoms with van der Waals surface area (Å²) >= 11 is 0. The number of hydrogen-bond donors (Lipinski definition) is 1. The van der Waals surface area contributed by atoms with Gasteiger partial charge in [0, 0.05) is 37.1 Å². The van der Waals surface area contributed by atoms with E-state index in [0.717, 1.165) is 35.7 Å². The van der Waals surface area contributed by atoms with Gasteiger partial charge in [-0.3, -0.25) is 10.00 Å². The molecule has 0 aliphatic heterocycles. The van der Waals surface area contributed by atoms with Gasteiger partial charge in [0.1, 0.15) is 5.82 Å². The standard InChI is InChI=1S/C19H25N5O3/c1-23(12-17-20-6-7-24(17)2)11-14-10-21-22-18(14)13-8-15(25-3)19(27-5)16(9-13)26-4/h6-10H,11-12H2,1-5H3,(H,21,22). The number of hydrogen-bond acceptors (Lipinski definition) is 6. The molecule has 2 aromatic heterocycles. The summed E-state index contributed by atoms with van der Waals surface area (Å²) in [6, 6.07) is 3.83. The van der Waals surface area contributed by atoms with Crippen molar-refractivity contribution in [1.29, 1.82) is 0 Å². The molecule has 2 heterocycles. The summed E-state index contributed by atoms with van der Waals surface area (Å²) in [5, 5.41) is 7.32. The van der Waals surface area contributed by atoms with Crippen LogP contribution in [0.1, 0.15) is 11.4 Å². The van der Waals surface area contributed by atoms with E-state index in [4.69, 9.17) is 14.2 Å². The third-order valence-corrected chi connectivity index (χ3v) is 4.44. The average Bonchev–Trinajstić information content (AvgIpc) is 3.29. The van der Waals surface area contributed by atoms with E-state index in [0.29, 0.717) is 17.2 Å². The minimum absolute atomic E-state index is 0.566. The first-order valence-electron chi connectivity index (χ1n) is 8.54. The van der Waals surface area contributed by atoms with E-state index < -0.39 is 0 Å². The second kappa shape index (κ2) is 8.13. The molecule has 0 unspecified atom stereocenters. The van der Waals surface area contributed by atoms with Crippen LogP contribution in [0.2, 0.25) is 0 Å². The van der Waals surface area contributed by atoms with Gasteiger partial charge < -0.3 is 18.8 Å². The molecule has 1 N–H and O–H groups in total. The maximum Gasteiger partial charge on any atom is 0.203 e. The molecule has 27 heavy (non-hydrogen) atoms. The van der Waals surface area contributed by atoms with E-state index in [-0.39, 0.29) is 0 Å². The molecule has 0 spiro atoms. The van der Waals surface area contributed by atoms with Crippen LogP contribution in [0.4, 0.5) is 0 Å². The number of ether oxygens (including phenoxy) is 3. The Balaban J connectivity index is 1.87. The van der Waals surface area contributed by atoms with Gasteiger partial charge in [-0.2, -0.15) is 5.10 Å². The summed E-state index contributed by atoms with van der Waals surface area (Å²) in [4.78, 5) is 6.57. The number of nitrogens with zero attached hydrogens (tertiary/aromatic N) is 4. The van der Waals surface area contributed by atoms with E-state index in [1.807, 2.05) is 42.3 Å². The van der Waals surface area contributed by atoms with E-state index >= 15 is 0 Å². The Bertz CT molecular complexity index is 877. The molecule has 0 fully saturated rings. The maximum atomic E-state index is 5.46. The Morgan fingerprint density at radius 2 is 1.78 bits per heavy atom. The molecule has 0 saturated heterocycles. The zero-order valence-electron chi connectivity index (χ0n) is 16.3. The molecule has 0 amide bonds. The van der Waals surface area contributed by atoms with Crippen molar-refractivity contribution in [3.63, 3.8) is 0 Å². The number of methoxy groups -OCH3 is 3. The molecule has 0 saturated carbocycles. The Morgan fingerprint density at radius 3 is 2.33 bits per heavy atom. The molecule has 1 aromatic carbocycles. The number of aromatic nitrogens is 4. The highest BCUT2D eigenvalue weighted by molar-refractivity contribution is 5.70. The van der Waals surface area contributed by atoms with Crippen LogP contribution in [0.3, 0.4) is 0 Å². The number of rotatable bonds is 8. The summed E-state index contributed by atoms with van der Waals surface area (Å²) in [5.41, 5.74) is 2.91. The van der Waals surface area contributed by atoms with Gasteiger partial charge in [0.25, 0.3) is 0 Å². The molecular weight excluding hydrogens is 346 g/mol. The summed E-state index contributed by atoms with van der Waals surface area (Å²) in [5.74, 6) is 2.79. The summed E-state index contributed by atoms with van der Waals surface area (Å²) < 4.78 is 18.3. The lowest BCUT2D eigenvalue weighted by molar-refractivity contribution is 0.307. The van der Waals surface area contributed by atoms with Crippen molar-refractivity contribution in [2.24, 2.45) is 7.05 Å². The van der Waals surface area contributed by atoms with Crippen molar-refractivity contribution in [2.75, 3.05) is 28.4 Å². The second-order valence-electron chi connectivity index (χ2n) is 6.31. The molecule has 8 heteroatoms. The fourth-order valence-electron chi connectivity index (χ4n) is 3.04. The Kier molecular flexibility index (Phi) is 5.66. The summed E-state index contributed by atoms with van der Waals surface area (Å²) in [6.07, 6.45) is 5.60. The Labute approximate surface area is 158 Å². The topological polar surface area (TPSA) is 77.4 Å². The number of benzene rings is 1. The highest BCUT2D eigenvalue weighted by Gasteiger charge is 2.18. The van der Waals surface area contributed by atoms with Gasteiger partial charge in [-0.1, -0.05) is 0 Å². The van der Waals surface area contributed by atoms with Crippen molar-refractivity contribution in [2.45, 2.75) is 13.1 Å². The molecule has 0 atom stereocenters.